The van der Waals surface area contributed by atoms with Crippen LogP contribution in [-0.2, 0) is 14.8 Å². The molecule has 0 aromatic heterocycles. The van der Waals surface area contributed by atoms with Crippen LogP contribution in [0.25, 0.3) is 0 Å². The van der Waals surface area contributed by atoms with Crippen molar-refractivity contribution in [3.05, 3.63) is 35.1 Å². The van der Waals surface area contributed by atoms with Crippen molar-refractivity contribution in [1.82, 2.24) is 4.72 Å². The maximum absolute atomic E-state index is 13.0. The van der Waals surface area contributed by atoms with Crippen LogP contribution < -0.4 is 4.72 Å². The number of ether oxygens (including phenoxy) is 1. The Bertz CT molecular complexity index is 649. The number of benzene rings is 1. The molecule has 1 saturated heterocycles. The first-order valence-corrected chi connectivity index (χ1v) is 8.25. The first-order valence-electron chi connectivity index (χ1n) is 6.59. The number of nitrogens with one attached hydrogen (secondary N) is 1. The molecule has 0 radical (unpaired) electrons. The van der Waals surface area contributed by atoms with Crippen LogP contribution >= 0.6 is 0 Å². The Hall–Kier alpha value is -1.61. The van der Waals surface area contributed by atoms with Gasteiger partial charge in [-0.15, -0.1) is 0 Å². The van der Waals surface area contributed by atoms with Crippen LogP contribution in [0.4, 0.5) is 13.2 Å². The van der Waals surface area contributed by atoms with E-state index in [9.17, 15) is 26.4 Å². The number of hydrogen-bond acceptors (Lipinski definition) is 4. The predicted molar refractivity (Wildman–Crippen MR) is 71.2 cm³/mol. The van der Waals surface area contributed by atoms with Gasteiger partial charge in [-0.3, -0.25) is 4.79 Å². The van der Waals surface area contributed by atoms with E-state index in [1.807, 2.05) is 0 Å². The molecular formula is C13H14F3NO4S. The number of rotatable bonds is 4. The predicted octanol–water partition coefficient (Wildman–Crippen LogP) is 1.73. The van der Waals surface area contributed by atoms with E-state index in [1.165, 1.54) is 0 Å². The van der Waals surface area contributed by atoms with Gasteiger partial charge < -0.3 is 4.74 Å². The Morgan fingerprint density at radius 2 is 1.86 bits per heavy atom. The van der Waals surface area contributed by atoms with Gasteiger partial charge in [0.25, 0.3) is 5.91 Å². The lowest BCUT2D eigenvalue weighted by Gasteiger charge is -2.22. The molecule has 1 fully saturated rings. The molecule has 9 heteroatoms. The SMILES string of the molecule is O=C(NS(=O)(=O)C[C@H]1CCCCO1)c1cc(F)c(F)c(F)c1. The highest BCUT2D eigenvalue weighted by molar-refractivity contribution is 7.90. The fourth-order valence-electron chi connectivity index (χ4n) is 2.11. The standard InChI is InChI=1S/C13H14F3NO4S/c14-10-5-8(6-11(15)12(10)16)13(18)17-22(19,20)7-9-3-1-2-4-21-9/h5-6,9H,1-4,7H2,(H,17,18)/t9-/m1/s1. The van der Waals surface area contributed by atoms with Crippen LogP contribution in [0.1, 0.15) is 29.6 Å². The van der Waals surface area contributed by atoms with Gasteiger partial charge in [0.15, 0.2) is 17.5 Å². The van der Waals surface area contributed by atoms with Crippen LogP contribution in [0.15, 0.2) is 12.1 Å². The molecule has 0 spiro atoms. The average Bonchev–Trinajstić information content (AvgIpc) is 2.44. The van der Waals surface area contributed by atoms with Crippen molar-refractivity contribution in [2.45, 2.75) is 25.4 Å². The van der Waals surface area contributed by atoms with Crippen molar-refractivity contribution in [2.75, 3.05) is 12.4 Å². The van der Waals surface area contributed by atoms with Gasteiger partial charge in [0.05, 0.1) is 11.9 Å². The van der Waals surface area contributed by atoms with Crippen LogP contribution in [0, 0.1) is 17.5 Å². The third-order valence-corrected chi connectivity index (χ3v) is 4.48. The van der Waals surface area contributed by atoms with Gasteiger partial charge in [-0.25, -0.2) is 26.3 Å². The first kappa shape index (κ1) is 16.8. The summed E-state index contributed by atoms with van der Waals surface area (Å²) in [5, 5.41) is 0. The lowest BCUT2D eigenvalue weighted by Crippen LogP contribution is -2.38. The van der Waals surface area contributed by atoms with E-state index in [4.69, 9.17) is 4.74 Å². The Morgan fingerprint density at radius 3 is 2.41 bits per heavy atom. The van der Waals surface area contributed by atoms with Gasteiger partial charge in [-0.1, -0.05) is 0 Å². The highest BCUT2D eigenvalue weighted by Crippen LogP contribution is 2.16. The Labute approximate surface area is 125 Å². The minimum atomic E-state index is -4.03. The van der Waals surface area contributed by atoms with Crippen molar-refractivity contribution >= 4 is 15.9 Å². The molecule has 1 aliphatic heterocycles. The monoisotopic (exact) mass is 337 g/mol. The van der Waals surface area contributed by atoms with E-state index in [0.717, 1.165) is 12.8 Å². The molecule has 1 aromatic rings. The summed E-state index contributed by atoms with van der Waals surface area (Å²) in [7, 11) is -4.03. The molecule has 1 N–H and O–H groups in total. The molecule has 5 nitrogen and oxygen atoms in total. The number of halogens is 3. The third-order valence-electron chi connectivity index (χ3n) is 3.17. The molecule has 122 valence electrons. The fourth-order valence-corrected chi connectivity index (χ4v) is 3.35. The number of carbonyl (C=O) groups excluding carboxylic acids is 1. The quantitative estimate of drug-likeness (QED) is 0.850. The Morgan fingerprint density at radius 1 is 1.23 bits per heavy atom. The molecule has 1 heterocycles. The summed E-state index contributed by atoms with van der Waals surface area (Å²) in [5.74, 6) is -6.52. The molecule has 2 rings (SSSR count). The van der Waals surface area contributed by atoms with Gasteiger partial charge in [-0.2, -0.15) is 0 Å². The molecule has 0 bridgehead atoms. The van der Waals surface area contributed by atoms with E-state index in [0.29, 0.717) is 25.2 Å². The summed E-state index contributed by atoms with van der Waals surface area (Å²) in [4.78, 5) is 11.7. The largest absolute Gasteiger partial charge is 0.377 e. The van der Waals surface area contributed by atoms with Crippen LogP contribution in [0.2, 0.25) is 0 Å². The zero-order chi connectivity index (χ0) is 16.3. The molecule has 1 amide bonds. The van der Waals surface area contributed by atoms with Crippen molar-refractivity contribution in [2.24, 2.45) is 0 Å². The highest BCUT2D eigenvalue weighted by atomic mass is 32.2. The van der Waals surface area contributed by atoms with Gasteiger partial charge in [0, 0.05) is 12.2 Å². The number of carbonyl (C=O) groups is 1. The van der Waals surface area contributed by atoms with Crippen molar-refractivity contribution < 1.29 is 31.1 Å². The summed E-state index contributed by atoms with van der Waals surface area (Å²) in [5.41, 5.74) is -0.621. The molecule has 1 aromatic carbocycles. The summed E-state index contributed by atoms with van der Waals surface area (Å²) in [6.07, 6.45) is 1.69. The summed E-state index contributed by atoms with van der Waals surface area (Å²) >= 11 is 0. The summed E-state index contributed by atoms with van der Waals surface area (Å²) < 4.78 is 69.5. The highest BCUT2D eigenvalue weighted by Gasteiger charge is 2.25. The fraction of sp³-hybridized carbons (Fsp3) is 0.462. The van der Waals surface area contributed by atoms with E-state index in [1.54, 1.807) is 4.72 Å². The second-order valence-electron chi connectivity index (χ2n) is 4.96. The minimum absolute atomic E-state index is 0.426. The minimum Gasteiger partial charge on any atom is -0.377 e. The summed E-state index contributed by atoms with van der Waals surface area (Å²) in [6, 6.07) is 0.862. The molecular weight excluding hydrogens is 323 g/mol. The molecule has 0 unspecified atom stereocenters. The van der Waals surface area contributed by atoms with Gasteiger partial charge in [-0.05, 0) is 31.4 Å². The van der Waals surface area contributed by atoms with Crippen LogP contribution in [0.3, 0.4) is 0 Å². The van der Waals surface area contributed by atoms with Gasteiger partial charge in [0.1, 0.15) is 0 Å². The molecule has 0 saturated carbocycles. The average molecular weight is 337 g/mol. The van der Waals surface area contributed by atoms with Gasteiger partial charge in [0.2, 0.25) is 10.0 Å². The maximum Gasteiger partial charge on any atom is 0.264 e. The molecule has 0 aliphatic carbocycles. The van der Waals surface area contributed by atoms with Crippen LogP contribution in [0.5, 0.6) is 0 Å². The molecule has 1 atom stereocenters. The number of hydrogen-bond donors (Lipinski definition) is 1. The molecule has 22 heavy (non-hydrogen) atoms. The van der Waals surface area contributed by atoms with E-state index < -0.39 is 50.8 Å². The van der Waals surface area contributed by atoms with Crippen molar-refractivity contribution in [3.63, 3.8) is 0 Å². The van der Waals surface area contributed by atoms with E-state index in [-0.39, 0.29) is 0 Å². The Kier molecular flexibility index (Phi) is 5.07. The second kappa shape index (κ2) is 6.66. The lowest BCUT2D eigenvalue weighted by molar-refractivity contribution is 0.0304. The molecule has 1 aliphatic rings. The zero-order valence-corrected chi connectivity index (χ0v) is 12.3. The van der Waals surface area contributed by atoms with Crippen molar-refractivity contribution in [3.8, 4) is 0 Å². The topological polar surface area (TPSA) is 72.5 Å². The van der Waals surface area contributed by atoms with Crippen LogP contribution in [-0.4, -0.2) is 32.8 Å². The first-order chi connectivity index (χ1) is 10.3. The summed E-state index contributed by atoms with van der Waals surface area (Å²) in [6.45, 7) is 0.447. The van der Waals surface area contributed by atoms with Gasteiger partial charge >= 0.3 is 0 Å². The maximum atomic E-state index is 13.0. The van der Waals surface area contributed by atoms with E-state index >= 15 is 0 Å². The lowest BCUT2D eigenvalue weighted by atomic mass is 10.1. The van der Waals surface area contributed by atoms with Crippen molar-refractivity contribution in [1.29, 1.82) is 0 Å². The second-order valence-corrected chi connectivity index (χ2v) is 6.72. The number of amides is 1. The Balaban J connectivity index is 2.07. The third kappa shape index (κ3) is 4.20. The van der Waals surface area contributed by atoms with E-state index in [2.05, 4.69) is 0 Å². The zero-order valence-electron chi connectivity index (χ0n) is 11.4. The number of sulfonamides is 1. The smallest absolute Gasteiger partial charge is 0.264 e. The normalized spacial score (nSPS) is 19.0.